The zero-order valence-electron chi connectivity index (χ0n) is 11.7. The van der Waals surface area contributed by atoms with E-state index in [0.29, 0.717) is 13.0 Å². The highest BCUT2D eigenvalue weighted by molar-refractivity contribution is 5.96. The minimum atomic E-state index is -0.104. The van der Waals surface area contributed by atoms with Crippen LogP contribution in [-0.2, 0) is 16.0 Å². The Bertz CT molecular complexity index is 510. The number of nitrogens with one attached hydrogen (secondary N) is 2. The molecule has 1 saturated carbocycles. The molecular weight excluding hydrogens is 254 g/mol. The van der Waals surface area contributed by atoms with Crippen LogP contribution in [0.1, 0.15) is 31.7 Å². The predicted molar refractivity (Wildman–Crippen MR) is 79.5 cm³/mol. The summed E-state index contributed by atoms with van der Waals surface area (Å²) in [4.78, 5) is 23.4. The summed E-state index contributed by atoms with van der Waals surface area (Å²) in [7, 11) is 0. The molecule has 0 atom stereocenters. The number of carbonyl (C=O) groups excluding carboxylic acids is 2. The quantitative estimate of drug-likeness (QED) is 0.741. The van der Waals surface area contributed by atoms with Crippen molar-refractivity contribution in [3.8, 4) is 0 Å². The molecular formula is C15H21N3O2. The molecule has 1 fully saturated rings. The van der Waals surface area contributed by atoms with Crippen LogP contribution in [0.25, 0.3) is 0 Å². The Balaban J connectivity index is 2.10. The lowest BCUT2D eigenvalue weighted by Gasteiger charge is -2.12. The van der Waals surface area contributed by atoms with E-state index in [-0.39, 0.29) is 17.7 Å². The molecule has 0 aromatic heterocycles. The zero-order valence-corrected chi connectivity index (χ0v) is 11.7. The minimum Gasteiger partial charge on any atom is -0.330 e. The molecule has 2 amide bonds. The van der Waals surface area contributed by atoms with E-state index < -0.39 is 0 Å². The van der Waals surface area contributed by atoms with Crippen molar-refractivity contribution in [2.45, 2.75) is 32.6 Å². The fraction of sp³-hybridized carbons (Fsp3) is 0.467. The van der Waals surface area contributed by atoms with Crippen LogP contribution in [0.15, 0.2) is 18.2 Å². The SMILES string of the molecule is CCc1ccc(NC(=O)C2CC2)cc1NC(=O)CCN. The van der Waals surface area contributed by atoms with Crippen LogP contribution in [0, 0.1) is 5.92 Å². The first-order valence-electron chi connectivity index (χ1n) is 7.07. The van der Waals surface area contributed by atoms with Gasteiger partial charge >= 0.3 is 0 Å². The van der Waals surface area contributed by atoms with E-state index in [2.05, 4.69) is 10.6 Å². The number of benzene rings is 1. The molecule has 1 aliphatic carbocycles. The number of anilines is 2. The van der Waals surface area contributed by atoms with Gasteiger partial charge in [0.25, 0.3) is 0 Å². The van der Waals surface area contributed by atoms with Gasteiger partial charge in [-0.25, -0.2) is 0 Å². The van der Waals surface area contributed by atoms with Crippen LogP contribution in [-0.4, -0.2) is 18.4 Å². The molecule has 4 N–H and O–H groups in total. The molecule has 0 aliphatic heterocycles. The largest absolute Gasteiger partial charge is 0.330 e. The number of rotatable bonds is 6. The lowest BCUT2D eigenvalue weighted by atomic mass is 10.1. The van der Waals surface area contributed by atoms with Crippen LogP contribution < -0.4 is 16.4 Å². The number of hydrogen-bond acceptors (Lipinski definition) is 3. The molecule has 0 unspecified atom stereocenters. The topological polar surface area (TPSA) is 84.2 Å². The summed E-state index contributed by atoms with van der Waals surface area (Å²) < 4.78 is 0. The monoisotopic (exact) mass is 275 g/mol. The van der Waals surface area contributed by atoms with Crippen molar-refractivity contribution in [3.63, 3.8) is 0 Å². The average molecular weight is 275 g/mol. The molecule has 1 aliphatic rings. The molecule has 0 radical (unpaired) electrons. The van der Waals surface area contributed by atoms with E-state index in [0.717, 1.165) is 36.2 Å². The number of nitrogens with two attached hydrogens (primary N) is 1. The van der Waals surface area contributed by atoms with Crippen LogP contribution in [0.4, 0.5) is 11.4 Å². The van der Waals surface area contributed by atoms with Crippen molar-refractivity contribution in [3.05, 3.63) is 23.8 Å². The molecule has 108 valence electrons. The number of carbonyl (C=O) groups is 2. The molecule has 0 bridgehead atoms. The van der Waals surface area contributed by atoms with Gasteiger partial charge in [0.15, 0.2) is 0 Å². The molecule has 0 spiro atoms. The maximum absolute atomic E-state index is 11.8. The lowest BCUT2D eigenvalue weighted by Crippen LogP contribution is -2.18. The Morgan fingerprint density at radius 2 is 2.05 bits per heavy atom. The summed E-state index contributed by atoms with van der Waals surface area (Å²) in [5.74, 6) is 0.123. The second-order valence-corrected chi connectivity index (χ2v) is 5.08. The molecule has 0 saturated heterocycles. The fourth-order valence-electron chi connectivity index (χ4n) is 2.01. The summed E-state index contributed by atoms with van der Waals surface area (Å²) in [6, 6.07) is 5.62. The Kier molecular flexibility index (Phi) is 4.74. The summed E-state index contributed by atoms with van der Waals surface area (Å²) in [5, 5.41) is 5.74. The highest BCUT2D eigenvalue weighted by Gasteiger charge is 2.29. The summed E-state index contributed by atoms with van der Waals surface area (Å²) >= 11 is 0. The molecule has 0 heterocycles. The molecule has 5 heteroatoms. The first-order chi connectivity index (χ1) is 9.63. The minimum absolute atomic E-state index is 0.0634. The highest BCUT2D eigenvalue weighted by atomic mass is 16.2. The van der Waals surface area contributed by atoms with Crippen molar-refractivity contribution in [1.82, 2.24) is 0 Å². The van der Waals surface area contributed by atoms with Gasteiger partial charge in [-0.1, -0.05) is 13.0 Å². The Hall–Kier alpha value is -1.88. The lowest BCUT2D eigenvalue weighted by molar-refractivity contribution is -0.117. The maximum atomic E-state index is 11.8. The second-order valence-electron chi connectivity index (χ2n) is 5.08. The third kappa shape index (κ3) is 3.81. The highest BCUT2D eigenvalue weighted by Crippen LogP contribution is 2.31. The summed E-state index contributed by atoms with van der Waals surface area (Å²) in [6.45, 7) is 2.35. The summed E-state index contributed by atoms with van der Waals surface area (Å²) in [5.41, 5.74) is 7.89. The van der Waals surface area contributed by atoms with Gasteiger partial charge < -0.3 is 16.4 Å². The second kappa shape index (κ2) is 6.52. The van der Waals surface area contributed by atoms with Crippen LogP contribution in [0.5, 0.6) is 0 Å². The van der Waals surface area contributed by atoms with E-state index in [1.54, 1.807) is 0 Å². The first-order valence-corrected chi connectivity index (χ1v) is 7.07. The van der Waals surface area contributed by atoms with Crippen molar-refractivity contribution >= 4 is 23.2 Å². The van der Waals surface area contributed by atoms with E-state index in [4.69, 9.17) is 5.73 Å². The van der Waals surface area contributed by atoms with Gasteiger partial charge in [-0.3, -0.25) is 9.59 Å². The molecule has 1 aromatic rings. The van der Waals surface area contributed by atoms with Gasteiger partial charge in [0.1, 0.15) is 0 Å². The van der Waals surface area contributed by atoms with E-state index in [1.807, 2.05) is 25.1 Å². The number of aryl methyl sites for hydroxylation is 1. The van der Waals surface area contributed by atoms with E-state index >= 15 is 0 Å². The number of hydrogen-bond donors (Lipinski definition) is 3. The van der Waals surface area contributed by atoms with Gasteiger partial charge in [-0.2, -0.15) is 0 Å². The van der Waals surface area contributed by atoms with E-state index in [9.17, 15) is 9.59 Å². The van der Waals surface area contributed by atoms with Gasteiger partial charge in [0.2, 0.25) is 11.8 Å². The third-order valence-corrected chi connectivity index (χ3v) is 3.35. The van der Waals surface area contributed by atoms with Crippen molar-refractivity contribution in [1.29, 1.82) is 0 Å². The number of amides is 2. The Labute approximate surface area is 118 Å². The fourth-order valence-corrected chi connectivity index (χ4v) is 2.01. The van der Waals surface area contributed by atoms with Crippen molar-refractivity contribution in [2.24, 2.45) is 11.7 Å². The Morgan fingerprint density at radius 3 is 2.65 bits per heavy atom. The van der Waals surface area contributed by atoms with Crippen molar-refractivity contribution in [2.75, 3.05) is 17.2 Å². The average Bonchev–Trinajstić information content (AvgIpc) is 3.23. The molecule has 1 aromatic carbocycles. The third-order valence-electron chi connectivity index (χ3n) is 3.35. The molecule has 2 rings (SSSR count). The van der Waals surface area contributed by atoms with Gasteiger partial charge in [0, 0.05) is 30.3 Å². The maximum Gasteiger partial charge on any atom is 0.227 e. The normalized spacial score (nSPS) is 13.9. The van der Waals surface area contributed by atoms with E-state index in [1.165, 1.54) is 0 Å². The zero-order chi connectivity index (χ0) is 14.5. The van der Waals surface area contributed by atoms with Crippen LogP contribution >= 0.6 is 0 Å². The standard InChI is InChI=1S/C15H21N3O2/c1-2-10-5-6-12(17-15(20)11-3-4-11)9-13(10)18-14(19)7-8-16/h5-6,9,11H,2-4,7-8,16H2,1H3,(H,17,20)(H,18,19). The summed E-state index contributed by atoms with van der Waals surface area (Å²) in [6.07, 6.45) is 3.05. The Morgan fingerprint density at radius 1 is 1.30 bits per heavy atom. The smallest absolute Gasteiger partial charge is 0.227 e. The first kappa shape index (κ1) is 14.5. The predicted octanol–water partition coefficient (Wildman–Crippen LogP) is 1.88. The molecule has 5 nitrogen and oxygen atoms in total. The van der Waals surface area contributed by atoms with Gasteiger partial charge in [-0.05, 0) is 37.0 Å². The van der Waals surface area contributed by atoms with Gasteiger partial charge in [0.05, 0.1) is 0 Å². The van der Waals surface area contributed by atoms with Crippen molar-refractivity contribution < 1.29 is 9.59 Å². The van der Waals surface area contributed by atoms with Gasteiger partial charge in [-0.15, -0.1) is 0 Å². The van der Waals surface area contributed by atoms with Crippen LogP contribution in [0.2, 0.25) is 0 Å². The molecule has 20 heavy (non-hydrogen) atoms. The van der Waals surface area contributed by atoms with Crippen LogP contribution in [0.3, 0.4) is 0 Å².